The van der Waals surface area contributed by atoms with Crippen molar-refractivity contribution in [2.75, 3.05) is 6.54 Å². The Morgan fingerprint density at radius 2 is 2.33 bits per heavy atom. The number of nitrogens with one attached hydrogen (secondary N) is 1. The van der Waals surface area contributed by atoms with Gasteiger partial charge < -0.3 is 10.1 Å². The Hall–Kier alpha value is -1.88. The van der Waals surface area contributed by atoms with E-state index in [0.29, 0.717) is 6.54 Å². The van der Waals surface area contributed by atoms with E-state index in [1.54, 1.807) is 19.1 Å². The Morgan fingerprint density at radius 3 is 2.89 bits per heavy atom. The van der Waals surface area contributed by atoms with E-state index in [9.17, 15) is 10.1 Å². The fourth-order valence-corrected chi connectivity index (χ4v) is 1.43. The van der Waals surface area contributed by atoms with Gasteiger partial charge in [-0.05, 0) is 25.1 Å². The van der Waals surface area contributed by atoms with Crippen LogP contribution in [0.1, 0.15) is 19.4 Å². The maximum Gasteiger partial charge on any atom is 0.311 e. The van der Waals surface area contributed by atoms with Gasteiger partial charge in [0, 0.05) is 12.6 Å². The molecule has 5 nitrogen and oxygen atoms in total. The van der Waals surface area contributed by atoms with Crippen LogP contribution in [-0.2, 0) is 6.54 Å². The van der Waals surface area contributed by atoms with Gasteiger partial charge in [0.05, 0.1) is 4.92 Å². The molecule has 0 aliphatic heterocycles. The van der Waals surface area contributed by atoms with Crippen LogP contribution < -0.4 is 10.1 Å². The van der Waals surface area contributed by atoms with Crippen molar-refractivity contribution in [3.8, 4) is 5.75 Å². The maximum atomic E-state index is 11.0. The average molecular weight is 250 g/mol. The number of nitro groups is 1. The molecule has 0 saturated heterocycles. The molecule has 5 heteroatoms. The molecule has 0 amide bonds. The number of hydrogen-bond acceptors (Lipinski definition) is 4. The molecule has 0 radical (unpaired) electrons. The highest BCUT2D eigenvalue weighted by Gasteiger charge is 2.17. The molecule has 0 fully saturated rings. The second-order valence-corrected chi connectivity index (χ2v) is 3.90. The van der Waals surface area contributed by atoms with Crippen molar-refractivity contribution in [1.29, 1.82) is 0 Å². The number of nitrogens with zero attached hydrogens (tertiary/aromatic N) is 1. The maximum absolute atomic E-state index is 11.0. The van der Waals surface area contributed by atoms with Crippen LogP contribution in [-0.4, -0.2) is 17.6 Å². The van der Waals surface area contributed by atoms with Crippen LogP contribution in [0, 0.1) is 10.1 Å². The van der Waals surface area contributed by atoms with Gasteiger partial charge in [0.15, 0.2) is 5.75 Å². The summed E-state index contributed by atoms with van der Waals surface area (Å²) in [6, 6.07) is 4.99. The fourth-order valence-electron chi connectivity index (χ4n) is 1.43. The fraction of sp³-hybridized carbons (Fsp3) is 0.385. The van der Waals surface area contributed by atoms with Crippen molar-refractivity contribution < 1.29 is 9.66 Å². The minimum absolute atomic E-state index is 0.0147. The minimum atomic E-state index is -0.430. The first kappa shape index (κ1) is 14.2. The molecule has 1 unspecified atom stereocenters. The molecule has 1 N–H and O–H groups in total. The Bertz CT molecular complexity index is 432. The van der Waals surface area contributed by atoms with Gasteiger partial charge in [-0.1, -0.05) is 25.6 Å². The molecular weight excluding hydrogens is 232 g/mol. The topological polar surface area (TPSA) is 64.4 Å². The van der Waals surface area contributed by atoms with Crippen molar-refractivity contribution in [1.82, 2.24) is 5.32 Å². The van der Waals surface area contributed by atoms with Crippen LogP contribution in [0.5, 0.6) is 5.75 Å². The van der Waals surface area contributed by atoms with Crippen LogP contribution >= 0.6 is 0 Å². The van der Waals surface area contributed by atoms with Crippen LogP contribution in [0.25, 0.3) is 0 Å². The highest BCUT2D eigenvalue weighted by atomic mass is 16.6. The zero-order chi connectivity index (χ0) is 13.5. The van der Waals surface area contributed by atoms with Crippen molar-refractivity contribution >= 4 is 5.69 Å². The molecule has 0 aliphatic rings. The summed E-state index contributed by atoms with van der Waals surface area (Å²) in [6.07, 6.45) is 1.33. The SMILES string of the molecule is C=CC(C)Oc1ccc(CNCC)cc1[N+](=O)[O-]. The average Bonchev–Trinajstić information content (AvgIpc) is 2.37. The van der Waals surface area contributed by atoms with E-state index in [1.807, 2.05) is 13.0 Å². The third kappa shape index (κ3) is 3.85. The highest BCUT2D eigenvalue weighted by Crippen LogP contribution is 2.28. The van der Waals surface area contributed by atoms with Gasteiger partial charge >= 0.3 is 5.69 Å². The number of nitro benzene ring substituents is 1. The summed E-state index contributed by atoms with van der Waals surface area (Å²) in [4.78, 5) is 10.6. The molecule has 0 aromatic heterocycles. The number of rotatable bonds is 7. The van der Waals surface area contributed by atoms with E-state index in [4.69, 9.17) is 4.74 Å². The van der Waals surface area contributed by atoms with Gasteiger partial charge in [-0.25, -0.2) is 0 Å². The summed E-state index contributed by atoms with van der Waals surface area (Å²) in [5.74, 6) is 0.271. The standard InChI is InChI=1S/C13H18N2O3/c1-4-10(3)18-13-7-6-11(9-14-5-2)8-12(13)15(16)17/h4,6-8,10,14H,1,5,9H2,2-3H3. The van der Waals surface area contributed by atoms with E-state index in [0.717, 1.165) is 12.1 Å². The van der Waals surface area contributed by atoms with Gasteiger partial charge in [-0.2, -0.15) is 0 Å². The molecule has 1 aromatic rings. The molecule has 98 valence electrons. The highest BCUT2D eigenvalue weighted by molar-refractivity contribution is 5.48. The zero-order valence-electron chi connectivity index (χ0n) is 10.7. The minimum Gasteiger partial charge on any atom is -0.480 e. The van der Waals surface area contributed by atoms with Crippen LogP contribution in [0.15, 0.2) is 30.9 Å². The zero-order valence-corrected chi connectivity index (χ0v) is 10.7. The van der Waals surface area contributed by atoms with Gasteiger partial charge in [-0.3, -0.25) is 10.1 Å². The second-order valence-electron chi connectivity index (χ2n) is 3.90. The molecule has 0 heterocycles. The molecule has 0 bridgehead atoms. The first-order valence-corrected chi connectivity index (χ1v) is 5.85. The monoisotopic (exact) mass is 250 g/mol. The Morgan fingerprint density at radius 1 is 1.61 bits per heavy atom. The number of hydrogen-bond donors (Lipinski definition) is 1. The molecule has 1 aromatic carbocycles. The first-order chi connectivity index (χ1) is 8.58. The lowest BCUT2D eigenvalue weighted by Gasteiger charge is -2.11. The number of benzene rings is 1. The molecule has 0 spiro atoms. The summed E-state index contributed by atoms with van der Waals surface area (Å²) in [5, 5.41) is 14.1. The van der Waals surface area contributed by atoms with Crippen molar-refractivity contribution in [3.63, 3.8) is 0 Å². The summed E-state index contributed by atoms with van der Waals surface area (Å²) in [7, 11) is 0. The quantitative estimate of drug-likeness (QED) is 0.459. The smallest absolute Gasteiger partial charge is 0.311 e. The predicted octanol–water partition coefficient (Wildman–Crippen LogP) is 2.66. The van der Waals surface area contributed by atoms with E-state index < -0.39 is 4.92 Å². The summed E-state index contributed by atoms with van der Waals surface area (Å²) in [5.41, 5.74) is 0.848. The number of ether oxygens (including phenoxy) is 1. The predicted molar refractivity (Wildman–Crippen MR) is 70.8 cm³/mol. The van der Waals surface area contributed by atoms with E-state index in [-0.39, 0.29) is 17.5 Å². The summed E-state index contributed by atoms with van der Waals surface area (Å²) >= 11 is 0. The van der Waals surface area contributed by atoms with Crippen molar-refractivity contribution in [2.45, 2.75) is 26.5 Å². The molecule has 1 atom stereocenters. The Kier molecular flexibility index (Phi) is 5.32. The summed E-state index contributed by atoms with van der Waals surface area (Å²) in [6.45, 7) is 8.77. The summed E-state index contributed by atoms with van der Waals surface area (Å²) < 4.78 is 5.44. The molecule has 0 saturated carbocycles. The van der Waals surface area contributed by atoms with Crippen LogP contribution in [0.3, 0.4) is 0 Å². The van der Waals surface area contributed by atoms with Crippen molar-refractivity contribution in [3.05, 3.63) is 46.5 Å². The van der Waals surface area contributed by atoms with E-state index >= 15 is 0 Å². The third-order valence-electron chi connectivity index (χ3n) is 2.44. The van der Waals surface area contributed by atoms with Crippen LogP contribution in [0.2, 0.25) is 0 Å². The van der Waals surface area contributed by atoms with Gasteiger partial charge in [0.1, 0.15) is 6.10 Å². The molecule has 1 rings (SSSR count). The Labute approximate surface area is 107 Å². The van der Waals surface area contributed by atoms with E-state index in [1.165, 1.54) is 6.07 Å². The van der Waals surface area contributed by atoms with Gasteiger partial charge in [0.25, 0.3) is 0 Å². The van der Waals surface area contributed by atoms with Crippen molar-refractivity contribution in [2.24, 2.45) is 0 Å². The second kappa shape index (κ2) is 6.76. The molecule has 18 heavy (non-hydrogen) atoms. The Balaban J connectivity index is 2.96. The van der Waals surface area contributed by atoms with Gasteiger partial charge in [0.2, 0.25) is 0 Å². The normalized spacial score (nSPS) is 11.9. The van der Waals surface area contributed by atoms with Crippen LogP contribution in [0.4, 0.5) is 5.69 Å². The lowest BCUT2D eigenvalue weighted by molar-refractivity contribution is -0.386. The first-order valence-electron chi connectivity index (χ1n) is 5.85. The lowest BCUT2D eigenvalue weighted by Crippen LogP contribution is -2.13. The third-order valence-corrected chi connectivity index (χ3v) is 2.44. The van der Waals surface area contributed by atoms with E-state index in [2.05, 4.69) is 11.9 Å². The molecular formula is C13H18N2O3. The molecule has 0 aliphatic carbocycles. The van der Waals surface area contributed by atoms with Gasteiger partial charge in [-0.15, -0.1) is 0 Å². The lowest BCUT2D eigenvalue weighted by atomic mass is 10.2. The largest absolute Gasteiger partial charge is 0.480 e.